The second-order valence-corrected chi connectivity index (χ2v) is 4.89. The van der Waals surface area contributed by atoms with Gasteiger partial charge in [-0.15, -0.1) is 0 Å². The Morgan fingerprint density at radius 3 is 2.89 bits per heavy atom. The first kappa shape index (κ1) is 15.0. The van der Waals surface area contributed by atoms with Crippen molar-refractivity contribution in [3.63, 3.8) is 0 Å². The number of esters is 1. The van der Waals surface area contributed by atoms with Gasteiger partial charge in [0.25, 0.3) is 0 Å². The van der Waals surface area contributed by atoms with E-state index in [2.05, 4.69) is 17.3 Å². The minimum Gasteiger partial charge on any atom is -0.466 e. The van der Waals surface area contributed by atoms with Crippen LogP contribution in [0.15, 0.2) is 0 Å². The zero-order chi connectivity index (χ0) is 13.4. The number of likely N-dealkylation sites (tertiary alicyclic amines) is 1. The smallest absolute Gasteiger partial charge is 0.315 e. The summed E-state index contributed by atoms with van der Waals surface area (Å²) < 4.78 is 4.72. The Hall–Kier alpha value is -1.10. The lowest BCUT2D eigenvalue weighted by molar-refractivity contribution is -0.145. The molecule has 5 nitrogen and oxygen atoms in total. The van der Waals surface area contributed by atoms with Crippen molar-refractivity contribution in [3.8, 4) is 0 Å². The first-order valence-corrected chi connectivity index (χ1v) is 6.72. The van der Waals surface area contributed by atoms with E-state index in [4.69, 9.17) is 4.74 Å². The molecule has 1 fully saturated rings. The summed E-state index contributed by atoms with van der Waals surface area (Å²) in [5.41, 5.74) is 0. The zero-order valence-corrected chi connectivity index (χ0v) is 11.4. The molecule has 0 radical (unpaired) electrons. The van der Waals surface area contributed by atoms with Crippen molar-refractivity contribution in [2.75, 3.05) is 33.3 Å². The SMILES string of the molecule is CCOC(=O)CC(=O)NCCC1CCCN(C)C1. The number of carbonyl (C=O) groups excluding carboxylic acids is 2. The molecule has 1 aliphatic heterocycles. The average Bonchev–Trinajstić information content (AvgIpc) is 2.29. The van der Waals surface area contributed by atoms with Crippen LogP contribution in [0.25, 0.3) is 0 Å². The molecule has 0 bridgehead atoms. The van der Waals surface area contributed by atoms with Gasteiger partial charge in [0.15, 0.2) is 0 Å². The number of nitrogens with zero attached hydrogens (tertiary/aromatic N) is 1. The van der Waals surface area contributed by atoms with E-state index < -0.39 is 5.97 Å². The zero-order valence-electron chi connectivity index (χ0n) is 11.4. The van der Waals surface area contributed by atoms with E-state index in [1.165, 1.54) is 19.4 Å². The van der Waals surface area contributed by atoms with Crippen molar-refractivity contribution in [1.29, 1.82) is 0 Å². The van der Waals surface area contributed by atoms with E-state index in [0.717, 1.165) is 13.0 Å². The van der Waals surface area contributed by atoms with Gasteiger partial charge in [0.2, 0.25) is 5.91 Å². The van der Waals surface area contributed by atoms with Crippen LogP contribution < -0.4 is 5.32 Å². The molecule has 0 aromatic carbocycles. The fourth-order valence-electron chi connectivity index (χ4n) is 2.33. The summed E-state index contributed by atoms with van der Waals surface area (Å²) in [7, 11) is 2.13. The molecule has 1 atom stereocenters. The van der Waals surface area contributed by atoms with Gasteiger partial charge in [-0.1, -0.05) is 0 Å². The van der Waals surface area contributed by atoms with Crippen molar-refractivity contribution in [3.05, 3.63) is 0 Å². The molecule has 1 unspecified atom stereocenters. The van der Waals surface area contributed by atoms with Gasteiger partial charge in [-0.3, -0.25) is 9.59 Å². The summed E-state index contributed by atoms with van der Waals surface area (Å²) in [6.07, 6.45) is 3.29. The van der Waals surface area contributed by atoms with Crippen LogP contribution in [0, 0.1) is 5.92 Å². The fraction of sp³-hybridized carbons (Fsp3) is 0.846. The summed E-state index contributed by atoms with van der Waals surface area (Å²) in [5.74, 6) is -0.0309. The van der Waals surface area contributed by atoms with Crippen molar-refractivity contribution < 1.29 is 14.3 Å². The van der Waals surface area contributed by atoms with Gasteiger partial charge in [0.05, 0.1) is 6.61 Å². The quantitative estimate of drug-likeness (QED) is 0.564. The van der Waals surface area contributed by atoms with Crippen LogP contribution in [-0.2, 0) is 14.3 Å². The van der Waals surface area contributed by atoms with Gasteiger partial charge in [0, 0.05) is 13.1 Å². The number of piperidine rings is 1. The minimum absolute atomic E-state index is 0.168. The summed E-state index contributed by atoms with van der Waals surface area (Å²) in [5, 5.41) is 2.78. The lowest BCUT2D eigenvalue weighted by Gasteiger charge is -2.29. The highest BCUT2D eigenvalue weighted by Gasteiger charge is 2.17. The first-order valence-electron chi connectivity index (χ1n) is 6.72. The van der Waals surface area contributed by atoms with E-state index in [9.17, 15) is 9.59 Å². The third kappa shape index (κ3) is 6.00. The Balaban J connectivity index is 2.09. The number of rotatable bonds is 6. The molecular formula is C13H24N2O3. The number of amides is 1. The standard InChI is InChI=1S/C13H24N2O3/c1-3-18-13(17)9-12(16)14-7-6-11-5-4-8-15(2)10-11/h11H,3-10H2,1-2H3,(H,14,16). The lowest BCUT2D eigenvalue weighted by Crippen LogP contribution is -2.35. The maximum Gasteiger partial charge on any atom is 0.315 e. The van der Waals surface area contributed by atoms with Gasteiger partial charge in [0.1, 0.15) is 6.42 Å². The van der Waals surface area contributed by atoms with Gasteiger partial charge in [-0.05, 0) is 45.7 Å². The van der Waals surface area contributed by atoms with Gasteiger partial charge in [-0.2, -0.15) is 0 Å². The third-order valence-electron chi connectivity index (χ3n) is 3.21. The van der Waals surface area contributed by atoms with Gasteiger partial charge < -0.3 is 15.0 Å². The molecule has 1 saturated heterocycles. The van der Waals surface area contributed by atoms with Crippen LogP contribution in [0.5, 0.6) is 0 Å². The van der Waals surface area contributed by atoms with Crippen molar-refractivity contribution in [2.24, 2.45) is 5.92 Å². The number of nitrogens with one attached hydrogen (secondary N) is 1. The number of hydrogen-bond acceptors (Lipinski definition) is 4. The first-order chi connectivity index (χ1) is 8.61. The molecule has 1 aliphatic rings. The molecule has 1 rings (SSSR count). The monoisotopic (exact) mass is 256 g/mol. The maximum absolute atomic E-state index is 11.4. The Labute approximate surface area is 109 Å². The summed E-state index contributed by atoms with van der Waals surface area (Å²) in [4.78, 5) is 24.8. The fourth-order valence-corrected chi connectivity index (χ4v) is 2.33. The third-order valence-corrected chi connectivity index (χ3v) is 3.21. The Bertz CT molecular complexity index is 281. The van der Waals surface area contributed by atoms with E-state index in [-0.39, 0.29) is 12.3 Å². The van der Waals surface area contributed by atoms with Crippen molar-refractivity contribution in [1.82, 2.24) is 10.2 Å². The summed E-state index contributed by atoms with van der Waals surface area (Å²) in [6.45, 7) is 4.98. The minimum atomic E-state index is -0.451. The number of hydrogen-bond donors (Lipinski definition) is 1. The molecule has 0 aromatic rings. The van der Waals surface area contributed by atoms with Crippen LogP contribution in [0.4, 0.5) is 0 Å². The Kier molecular flexibility index (Phi) is 6.72. The van der Waals surface area contributed by atoms with E-state index in [1.807, 2.05) is 0 Å². The molecule has 0 aromatic heterocycles. The van der Waals surface area contributed by atoms with Crippen LogP contribution in [0.3, 0.4) is 0 Å². The van der Waals surface area contributed by atoms with Crippen LogP contribution in [0.2, 0.25) is 0 Å². The van der Waals surface area contributed by atoms with Gasteiger partial charge in [-0.25, -0.2) is 0 Å². The second kappa shape index (κ2) is 8.08. The molecule has 5 heteroatoms. The van der Waals surface area contributed by atoms with E-state index >= 15 is 0 Å². The van der Waals surface area contributed by atoms with Crippen LogP contribution >= 0.6 is 0 Å². The molecule has 0 spiro atoms. The highest BCUT2D eigenvalue weighted by molar-refractivity contribution is 5.94. The molecule has 18 heavy (non-hydrogen) atoms. The largest absolute Gasteiger partial charge is 0.466 e. The molecule has 0 saturated carbocycles. The second-order valence-electron chi connectivity index (χ2n) is 4.89. The van der Waals surface area contributed by atoms with Crippen molar-refractivity contribution in [2.45, 2.75) is 32.6 Å². The molecule has 1 heterocycles. The van der Waals surface area contributed by atoms with Gasteiger partial charge >= 0.3 is 5.97 Å². The number of carbonyl (C=O) groups is 2. The molecular weight excluding hydrogens is 232 g/mol. The topological polar surface area (TPSA) is 58.6 Å². The lowest BCUT2D eigenvalue weighted by atomic mass is 9.95. The molecule has 0 aliphatic carbocycles. The normalized spacial score (nSPS) is 20.4. The highest BCUT2D eigenvalue weighted by Crippen LogP contribution is 2.17. The molecule has 1 amide bonds. The van der Waals surface area contributed by atoms with Crippen LogP contribution in [-0.4, -0.2) is 50.1 Å². The Morgan fingerprint density at radius 2 is 2.22 bits per heavy atom. The van der Waals surface area contributed by atoms with E-state index in [1.54, 1.807) is 6.92 Å². The summed E-state index contributed by atoms with van der Waals surface area (Å²) in [6, 6.07) is 0. The highest BCUT2D eigenvalue weighted by atomic mass is 16.5. The summed E-state index contributed by atoms with van der Waals surface area (Å²) >= 11 is 0. The van der Waals surface area contributed by atoms with Crippen molar-refractivity contribution >= 4 is 11.9 Å². The predicted molar refractivity (Wildman–Crippen MR) is 69.1 cm³/mol. The van der Waals surface area contributed by atoms with Crippen LogP contribution in [0.1, 0.15) is 32.6 Å². The molecule has 1 N–H and O–H groups in total. The maximum atomic E-state index is 11.4. The molecule has 104 valence electrons. The average molecular weight is 256 g/mol. The number of ether oxygens (including phenoxy) is 1. The van der Waals surface area contributed by atoms with E-state index in [0.29, 0.717) is 19.1 Å². The predicted octanol–water partition coefficient (Wildman–Crippen LogP) is 0.788. The Morgan fingerprint density at radius 1 is 1.44 bits per heavy atom.